The van der Waals surface area contributed by atoms with Gasteiger partial charge in [0.05, 0.1) is 3.57 Å². The number of phenolic OH excluding ortho intramolecular Hbond substituents is 1. The maximum atomic E-state index is 14.2. The quantitative estimate of drug-likeness (QED) is 0.398. The Morgan fingerprint density at radius 2 is 1.80 bits per heavy atom. The molecule has 0 saturated heterocycles. The highest BCUT2D eigenvalue weighted by Crippen LogP contribution is 2.37. The van der Waals surface area contributed by atoms with Crippen molar-refractivity contribution in [3.05, 3.63) is 24.8 Å². The zero-order chi connectivity index (χ0) is 18.8. The van der Waals surface area contributed by atoms with E-state index < -0.39 is 29.9 Å². The Kier molecular flexibility index (Phi) is 6.85. The molecule has 5 nitrogen and oxygen atoms in total. The number of benzene rings is 1. The SMILES string of the molecule is O=C(OC(C1CCCCC1)C(F)(F)C(=O)O)c1cc(I)cc(I)c1O. The van der Waals surface area contributed by atoms with Crippen LogP contribution in [0.25, 0.3) is 0 Å². The number of halogens is 4. The predicted octanol–water partition coefficient (Wildman–Crippen LogP) is 4.43. The zero-order valence-corrected chi connectivity index (χ0v) is 17.3. The second-order valence-corrected chi connectivity index (χ2v) is 8.34. The number of phenols is 1. The summed E-state index contributed by atoms with van der Waals surface area (Å²) in [6, 6.07) is 2.93. The lowest BCUT2D eigenvalue weighted by molar-refractivity contribution is -0.189. The standard InChI is InChI=1S/C16H16F2I2O5/c17-16(18,15(23)24)13(8-4-2-1-3-5-8)25-14(22)10-6-9(19)7-11(20)12(10)21/h6-8,13,21H,1-5H2,(H,23,24). The van der Waals surface area contributed by atoms with E-state index >= 15 is 0 Å². The van der Waals surface area contributed by atoms with Crippen LogP contribution in [0.3, 0.4) is 0 Å². The summed E-state index contributed by atoms with van der Waals surface area (Å²) in [6.07, 6.45) is 0.924. The highest BCUT2D eigenvalue weighted by atomic mass is 127. The van der Waals surface area contributed by atoms with Gasteiger partial charge in [0.15, 0.2) is 6.10 Å². The van der Waals surface area contributed by atoms with E-state index in [9.17, 15) is 23.5 Å². The summed E-state index contributed by atoms with van der Waals surface area (Å²) in [5, 5.41) is 18.9. The van der Waals surface area contributed by atoms with E-state index in [0.29, 0.717) is 32.8 Å². The van der Waals surface area contributed by atoms with E-state index in [1.54, 1.807) is 6.07 Å². The van der Waals surface area contributed by atoms with Crippen molar-refractivity contribution in [2.24, 2.45) is 5.92 Å². The summed E-state index contributed by atoms with van der Waals surface area (Å²) in [4.78, 5) is 23.4. The number of ether oxygens (including phenoxy) is 1. The highest BCUT2D eigenvalue weighted by Gasteiger charge is 2.53. The first-order valence-corrected chi connectivity index (χ1v) is 9.80. The van der Waals surface area contributed by atoms with Crippen molar-refractivity contribution in [3.63, 3.8) is 0 Å². The minimum Gasteiger partial charge on any atom is -0.506 e. The van der Waals surface area contributed by atoms with E-state index in [4.69, 9.17) is 9.84 Å². The summed E-state index contributed by atoms with van der Waals surface area (Å²) in [6.45, 7) is 0. The Hall–Kier alpha value is -0.720. The van der Waals surface area contributed by atoms with Gasteiger partial charge in [-0.3, -0.25) is 0 Å². The lowest BCUT2D eigenvalue weighted by Crippen LogP contribution is -2.48. The first-order chi connectivity index (χ1) is 11.6. The van der Waals surface area contributed by atoms with Crippen LogP contribution < -0.4 is 0 Å². The second-order valence-electron chi connectivity index (χ2n) is 5.94. The molecule has 0 aliphatic heterocycles. The summed E-state index contributed by atoms with van der Waals surface area (Å²) < 4.78 is 34.3. The molecule has 0 spiro atoms. The monoisotopic (exact) mass is 580 g/mol. The molecule has 1 unspecified atom stereocenters. The molecule has 0 radical (unpaired) electrons. The number of carboxylic acids is 1. The average molecular weight is 580 g/mol. The molecule has 2 N–H and O–H groups in total. The van der Waals surface area contributed by atoms with Gasteiger partial charge in [0.2, 0.25) is 0 Å². The fourth-order valence-corrected chi connectivity index (χ4v) is 4.77. The normalized spacial score (nSPS) is 17.1. The number of aliphatic carboxylic acids is 1. The van der Waals surface area contributed by atoms with E-state index in [-0.39, 0.29) is 11.3 Å². The molecule has 1 atom stereocenters. The number of esters is 1. The molecule has 0 bridgehead atoms. The third-order valence-corrected chi connectivity index (χ3v) is 5.65. The topological polar surface area (TPSA) is 83.8 Å². The molecule has 1 aliphatic rings. The van der Waals surface area contributed by atoms with Gasteiger partial charge in [0, 0.05) is 9.49 Å². The Bertz CT molecular complexity index is 675. The van der Waals surface area contributed by atoms with Crippen molar-refractivity contribution >= 4 is 57.1 Å². The maximum Gasteiger partial charge on any atom is 0.378 e. The van der Waals surface area contributed by atoms with Gasteiger partial charge in [-0.2, -0.15) is 8.78 Å². The van der Waals surface area contributed by atoms with Crippen LogP contribution in [0.5, 0.6) is 5.75 Å². The third kappa shape index (κ3) is 4.72. The van der Waals surface area contributed by atoms with Gasteiger partial charge in [-0.25, -0.2) is 9.59 Å². The van der Waals surface area contributed by atoms with Crippen LogP contribution in [0, 0.1) is 13.1 Å². The summed E-state index contributed by atoms with van der Waals surface area (Å²) in [5.74, 6) is -8.76. The number of hydrogen-bond donors (Lipinski definition) is 2. The van der Waals surface area contributed by atoms with Gasteiger partial charge >= 0.3 is 17.9 Å². The van der Waals surface area contributed by atoms with Crippen LogP contribution in [-0.4, -0.2) is 34.2 Å². The first kappa shape index (κ1) is 20.6. The van der Waals surface area contributed by atoms with Gasteiger partial charge in [-0.1, -0.05) is 19.3 Å². The number of hydrogen-bond acceptors (Lipinski definition) is 4. The van der Waals surface area contributed by atoms with Gasteiger partial charge < -0.3 is 14.9 Å². The van der Waals surface area contributed by atoms with Gasteiger partial charge in [0.1, 0.15) is 11.3 Å². The molecular weight excluding hydrogens is 564 g/mol. The predicted molar refractivity (Wildman–Crippen MR) is 102 cm³/mol. The molecule has 1 aromatic rings. The van der Waals surface area contributed by atoms with Crippen LogP contribution in [0.4, 0.5) is 8.78 Å². The lowest BCUT2D eigenvalue weighted by atomic mass is 9.83. The number of carbonyl (C=O) groups excluding carboxylic acids is 1. The molecule has 1 saturated carbocycles. The van der Waals surface area contributed by atoms with Crippen molar-refractivity contribution in [1.82, 2.24) is 0 Å². The number of aromatic hydroxyl groups is 1. The van der Waals surface area contributed by atoms with E-state index in [2.05, 4.69) is 0 Å². The molecular formula is C16H16F2I2O5. The van der Waals surface area contributed by atoms with Crippen molar-refractivity contribution in [1.29, 1.82) is 0 Å². The van der Waals surface area contributed by atoms with E-state index in [0.717, 1.165) is 6.42 Å². The Morgan fingerprint density at radius 1 is 1.20 bits per heavy atom. The third-order valence-electron chi connectivity index (χ3n) is 4.20. The summed E-state index contributed by atoms with van der Waals surface area (Å²) >= 11 is 3.73. The molecule has 1 fully saturated rings. The van der Waals surface area contributed by atoms with Crippen LogP contribution in [0.2, 0.25) is 0 Å². The van der Waals surface area contributed by atoms with Crippen LogP contribution in [0.15, 0.2) is 12.1 Å². The maximum absolute atomic E-state index is 14.2. The van der Waals surface area contributed by atoms with Crippen molar-refractivity contribution in [3.8, 4) is 5.75 Å². The average Bonchev–Trinajstić information content (AvgIpc) is 2.56. The molecule has 1 aliphatic carbocycles. The number of carboxylic acid groups (broad SMARTS) is 1. The summed E-state index contributed by atoms with van der Waals surface area (Å²) in [5.41, 5.74) is -0.252. The Labute approximate surface area is 170 Å². The second kappa shape index (κ2) is 8.31. The number of carbonyl (C=O) groups is 2. The summed E-state index contributed by atoms with van der Waals surface area (Å²) in [7, 11) is 0. The molecule has 138 valence electrons. The van der Waals surface area contributed by atoms with E-state index in [1.807, 2.05) is 45.2 Å². The van der Waals surface area contributed by atoms with Gasteiger partial charge in [-0.15, -0.1) is 0 Å². The molecule has 0 heterocycles. The van der Waals surface area contributed by atoms with E-state index in [1.165, 1.54) is 6.07 Å². The van der Waals surface area contributed by atoms with Crippen molar-refractivity contribution < 1.29 is 33.3 Å². The Morgan fingerprint density at radius 3 is 2.36 bits per heavy atom. The minimum absolute atomic E-state index is 0.252. The largest absolute Gasteiger partial charge is 0.506 e. The zero-order valence-electron chi connectivity index (χ0n) is 13.0. The smallest absolute Gasteiger partial charge is 0.378 e. The minimum atomic E-state index is -4.19. The van der Waals surface area contributed by atoms with Crippen LogP contribution >= 0.6 is 45.2 Å². The van der Waals surface area contributed by atoms with Crippen molar-refractivity contribution in [2.45, 2.75) is 44.1 Å². The van der Waals surface area contributed by atoms with Crippen LogP contribution in [-0.2, 0) is 9.53 Å². The lowest BCUT2D eigenvalue weighted by Gasteiger charge is -2.33. The van der Waals surface area contributed by atoms with Crippen LogP contribution in [0.1, 0.15) is 42.5 Å². The molecule has 0 amide bonds. The fraction of sp³-hybridized carbons (Fsp3) is 0.500. The van der Waals surface area contributed by atoms with Gasteiger partial charge in [-0.05, 0) is 70.2 Å². The molecule has 2 rings (SSSR count). The molecule has 1 aromatic carbocycles. The van der Waals surface area contributed by atoms with Crippen molar-refractivity contribution in [2.75, 3.05) is 0 Å². The molecule has 9 heteroatoms. The first-order valence-electron chi connectivity index (χ1n) is 7.64. The number of rotatable bonds is 5. The highest BCUT2D eigenvalue weighted by molar-refractivity contribution is 14.1. The fourth-order valence-electron chi connectivity index (χ4n) is 2.93. The Balaban J connectivity index is 2.33. The molecule has 0 aromatic heterocycles. The molecule has 25 heavy (non-hydrogen) atoms. The van der Waals surface area contributed by atoms with Gasteiger partial charge in [0.25, 0.3) is 0 Å². The number of alkyl halides is 2.